The van der Waals surface area contributed by atoms with E-state index in [1.54, 1.807) is 0 Å². The normalized spacial score (nSPS) is 18.0. The molecule has 1 nitrogen and oxygen atoms in total. The Balaban J connectivity index is 1.36. The zero-order chi connectivity index (χ0) is 22.9. The summed E-state index contributed by atoms with van der Waals surface area (Å²) < 4.78 is 5.93. The molecule has 0 N–H and O–H groups in total. The van der Waals surface area contributed by atoms with Crippen molar-refractivity contribution in [1.29, 1.82) is 0 Å². The molecule has 0 spiro atoms. The Kier molecular flexibility index (Phi) is 8.48. The zero-order valence-electron chi connectivity index (χ0n) is 20.4. The van der Waals surface area contributed by atoms with E-state index in [-0.39, 0.29) is 0 Å². The molecule has 1 aliphatic carbocycles. The van der Waals surface area contributed by atoms with Gasteiger partial charge < -0.3 is 4.74 Å². The van der Waals surface area contributed by atoms with Crippen LogP contribution in [0.15, 0.2) is 60.7 Å². The lowest BCUT2D eigenvalue weighted by molar-refractivity contribution is 0.305. The van der Waals surface area contributed by atoms with Gasteiger partial charge in [-0.2, -0.15) is 0 Å². The highest BCUT2D eigenvalue weighted by Gasteiger charge is 2.20. The summed E-state index contributed by atoms with van der Waals surface area (Å²) in [4.78, 5) is 0. The summed E-state index contributed by atoms with van der Waals surface area (Å²) in [6.07, 6.45) is 11.7. The van der Waals surface area contributed by atoms with Crippen LogP contribution in [0.2, 0.25) is 0 Å². The van der Waals surface area contributed by atoms with Gasteiger partial charge in [0.2, 0.25) is 0 Å². The first kappa shape index (κ1) is 23.4. The van der Waals surface area contributed by atoms with E-state index in [1.807, 2.05) is 0 Å². The van der Waals surface area contributed by atoms with Gasteiger partial charge in [0.1, 0.15) is 5.75 Å². The molecule has 33 heavy (non-hydrogen) atoms. The SMILES string of the molecule is CCCCCCOc1ccc2cc(C#Cc3ccc([C@H]4CC[C@H](CC)CC4)cc3)ccc2c1. The van der Waals surface area contributed by atoms with Crippen molar-refractivity contribution < 1.29 is 4.74 Å². The molecule has 0 aromatic heterocycles. The van der Waals surface area contributed by atoms with Crippen molar-refractivity contribution in [3.63, 3.8) is 0 Å². The number of rotatable bonds is 8. The quantitative estimate of drug-likeness (QED) is 0.252. The van der Waals surface area contributed by atoms with Gasteiger partial charge in [0.15, 0.2) is 0 Å². The number of benzene rings is 3. The predicted octanol–water partition coefficient (Wildman–Crippen LogP) is 8.88. The summed E-state index contributed by atoms with van der Waals surface area (Å²) in [5.74, 6) is 9.35. The molecule has 1 heteroatoms. The highest BCUT2D eigenvalue weighted by atomic mass is 16.5. The highest BCUT2D eigenvalue weighted by molar-refractivity contribution is 5.85. The van der Waals surface area contributed by atoms with E-state index in [4.69, 9.17) is 4.74 Å². The van der Waals surface area contributed by atoms with Gasteiger partial charge in [0.05, 0.1) is 6.61 Å². The first-order valence-electron chi connectivity index (χ1n) is 13.0. The van der Waals surface area contributed by atoms with Gasteiger partial charge in [0, 0.05) is 11.1 Å². The number of hydrogen-bond donors (Lipinski definition) is 0. The lowest BCUT2D eigenvalue weighted by Gasteiger charge is -2.28. The lowest BCUT2D eigenvalue weighted by atomic mass is 9.78. The van der Waals surface area contributed by atoms with Crippen molar-refractivity contribution in [3.8, 4) is 17.6 Å². The van der Waals surface area contributed by atoms with Gasteiger partial charge in [0.25, 0.3) is 0 Å². The second-order valence-electron chi connectivity index (χ2n) is 9.63. The van der Waals surface area contributed by atoms with E-state index in [0.717, 1.165) is 41.7 Å². The number of unbranched alkanes of at least 4 members (excludes halogenated alkanes) is 3. The molecule has 172 valence electrons. The average Bonchev–Trinajstić information content (AvgIpc) is 2.87. The second kappa shape index (κ2) is 11.9. The van der Waals surface area contributed by atoms with Crippen molar-refractivity contribution in [1.82, 2.24) is 0 Å². The topological polar surface area (TPSA) is 9.23 Å². The van der Waals surface area contributed by atoms with Gasteiger partial charge in [-0.15, -0.1) is 0 Å². The van der Waals surface area contributed by atoms with E-state index in [2.05, 4.69) is 86.4 Å². The van der Waals surface area contributed by atoms with Crippen LogP contribution in [0.25, 0.3) is 10.8 Å². The van der Waals surface area contributed by atoms with Crippen LogP contribution in [0.4, 0.5) is 0 Å². The van der Waals surface area contributed by atoms with Crippen LogP contribution >= 0.6 is 0 Å². The first-order valence-corrected chi connectivity index (χ1v) is 13.0. The molecule has 1 aliphatic rings. The minimum absolute atomic E-state index is 0.737. The van der Waals surface area contributed by atoms with Crippen molar-refractivity contribution >= 4 is 10.8 Å². The molecule has 0 heterocycles. The van der Waals surface area contributed by atoms with E-state index in [9.17, 15) is 0 Å². The van der Waals surface area contributed by atoms with Gasteiger partial charge in [-0.05, 0) is 96.7 Å². The molecule has 0 atom stereocenters. The fourth-order valence-corrected chi connectivity index (χ4v) is 5.00. The first-order chi connectivity index (χ1) is 16.2. The fraction of sp³-hybridized carbons (Fsp3) is 0.438. The summed E-state index contributed by atoms with van der Waals surface area (Å²) in [7, 11) is 0. The van der Waals surface area contributed by atoms with Gasteiger partial charge >= 0.3 is 0 Å². The molecule has 1 saturated carbocycles. The Hall–Kier alpha value is -2.72. The van der Waals surface area contributed by atoms with Gasteiger partial charge in [-0.3, -0.25) is 0 Å². The summed E-state index contributed by atoms with van der Waals surface area (Å²) >= 11 is 0. The standard InChI is InChI=1S/C32H38O/c1-3-5-6-7-22-33-32-21-20-30-23-27(14-19-31(30)24-32)9-8-26-12-17-29(18-13-26)28-15-10-25(4-2)11-16-28/h12-14,17-21,23-25,28H,3-7,10-11,15-16,22H2,1-2H3/t25-,28-. The molecular formula is C32H38O. The minimum atomic E-state index is 0.737. The Labute approximate surface area is 200 Å². The highest BCUT2D eigenvalue weighted by Crippen LogP contribution is 2.36. The molecular weight excluding hydrogens is 400 g/mol. The maximum absolute atomic E-state index is 5.93. The summed E-state index contributed by atoms with van der Waals surface area (Å²) in [6.45, 7) is 5.36. The van der Waals surface area contributed by atoms with Crippen LogP contribution in [0, 0.1) is 17.8 Å². The molecule has 0 bridgehead atoms. The smallest absolute Gasteiger partial charge is 0.119 e. The van der Waals surface area contributed by atoms with Crippen LogP contribution < -0.4 is 4.74 Å². The summed E-state index contributed by atoms with van der Waals surface area (Å²) in [6, 6.07) is 21.8. The van der Waals surface area contributed by atoms with E-state index in [0.29, 0.717) is 0 Å². The predicted molar refractivity (Wildman–Crippen MR) is 141 cm³/mol. The van der Waals surface area contributed by atoms with Crippen LogP contribution in [-0.2, 0) is 0 Å². The van der Waals surface area contributed by atoms with Crippen molar-refractivity contribution in [2.45, 2.75) is 77.6 Å². The minimum Gasteiger partial charge on any atom is -0.494 e. The third-order valence-corrected chi connectivity index (χ3v) is 7.24. The molecule has 0 aliphatic heterocycles. The Morgan fingerprint density at radius 2 is 1.42 bits per heavy atom. The molecule has 4 rings (SSSR count). The molecule has 1 fully saturated rings. The summed E-state index contributed by atoms with van der Waals surface area (Å²) in [5, 5.41) is 2.41. The van der Waals surface area contributed by atoms with Crippen molar-refractivity contribution in [2.24, 2.45) is 5.92 Å². The molecule has 3 aromatic carbocycles. The van der Waals surface area contributed by atoms with Crippen LogP contribution in [0.5, 0.6) is 5.75 Å². The third-order valence-electron chi connectivity index (χ3n) is 7.24. The van der Waals surface area contributed by atoms with Crippen LogP contribution in [0.3, 0.4) is 0 Å². The maximum Gasteiger partial charge on any atom is 0.119 e. The van der Waals surface area contributed by atoms with Crippen LogP contribution in [-0.4, -0.2) is 6.61 Å². The van der Waals surface area contributed by atoms with E-state index in [1.165, 1.54) is 67.7 Å². The largest absolute Gasteiger partial charge is 0.494 e. The lowest BCUT2D eigenvalue weighted by Crippen LogP contribution is -2.12. The molecule has 3 aromatic rings. The third kappa shape index (κ3) is 6.64. The molecule has 0 radical (unpaired) electrons. The van der Waals surface area contributed by atoms with Gasteiger partial charge in [-0.1, -0.05) is 75.6 Å². The molecule has 0 saturated heterocycles. The van der Waals surface area contributed by atoms with Crippen molar-refractivity contribution in [2.75, 3.05) is 6.61 Å². The van der Waals surface area contributed by atoms with Crippen LogP contribution in [0.1, 0.15) is 94.2 Å². The number of fused-ring (bicyclic) bond motifs is 1. The van der Waals surface area contributed by atoms with E-state index < -0.39 is 0 Å². The fourth-order valence-electron chi connectivity index (χ4n) is 5.00. The van der Waals surface area contributed by atoms with Crippen molar-refractivity contribution in [3.05, 3.63) is 77.4 Å². The van der Waals surface area contributed by atoms with E-state index >= 15 is 0 Å². The summed E-state index contributed by atoms with van der Waals surface area (Å²) in [5.41, 5.74) is 3.63. The second-order valence-corrected chi connectivity index (χ2v) is 9.63. The number of hydrogen-bond acceptors (Lipinski definition) is 1. The monoisotopic (exact) mass is 438 g/mol. The van der Waals surface area contributed by atoms with Gasteiger partial charge in [-0.25, -0.2) is 0 Å². The molecule has 0 unspecified atom stereocenters. The maximum atomic E-state index is 5.93. The molecule has 0 amide bonds. The Morgan fingerprint density at radius 3 is 2.18 bits per heavy atom. The average molecular weight is 439 g/mol. The Bertz CT molecular complexity index is 1070. The Morgan fingerprint density at radius 1 is 0.727 bits per heavy atom. The number of ether oxygens (including phenoxy) is 1. The zero-order valence-corrected chi connectivity index (χ0v) is 20.4.